The number of furan rings is 1. The number of amides is 1. The molecule has 2 aromatic rings. The van der Waals surface area contributed by atoms with Crippen molar-refractivity contribution in [3.05, 3.63) is 59.5 Å². The van der Waals surface area contributed by atoms with Gasteiger partial charge < -0.3 is 9.32 Å². The van der Waals surface area contributed by atoms with E-state index in [0.717, 1.165) is 50.5 Å². The Morgan fingerprint density at radius 2 is 1.92 bits per heavy atom. The molecule has 0 saturated carbocycles. The quantitative estimate of drug-likeness (QED) is 0.855. The molecule has 4 heteroatoms. The van der Waals surface area contributed by atoms with Crippen LogP contribution in [0.2, 0.25) is 0 Å². The number of benzene rings is 1. The number of nitrogens with zero attached hydrogens (tertiary/aromatic N) is 2. The molecule has 2 aliphatic heterocycles. The van der Waals surface area contributed by atoms with Crippen LogP contribution in [0.5, 0.6) is 0 Å². The maximum atomic E-state index is 12.7. The molecule has 0 spiro atoms. The molecule has 0 bridgehead atoms. The summed E-state index contributed by atoms with van der Waals surface area (Å²) in [6.45, 7) is 5.56. The van der Waals surface area contributed by atoms with E-state index in [1.807, 2.05) is 19.1 Å². The normalized spacial score (nSPS) is 24.4. The lowest BCUT2D eigenvalue weighted by atomic mass is 9.98. The highest BCUT2D eigenvalue weighted by Gasteiger charge is 2.40. The summed E-state index contributed by atoms with van der Waals surface area (Å²) in [5.74, 6) is 2.87. The van der Waals surface area contributed by atoms with Crippen LogP contribution >= 0.6 is 0 Å². The van der Waals surface area contributed by atoms with Crippen molar-refractivity contribution in [2.75, 3.05) is 13.1 Å². The standard InChI is InChI=1S/C21H26N2O2/c1-16-10-11-19(25-16)14-22-13-18-8-5-9-21(24)23(20(18)15-22)12-17-6-3-2-4-7-17/h2-4,6-7,10-11,18,20H,5,8-9,12-15H2,1H3/t18-,20+/m1/s1. The fraction of sp³-hybridized carbons (Fsp3) is 0.476. The Bertz CT molecular complexity index is 725. The summed E-state index contributed by atoms with van der Waals surface area (Å²) in [6, 6.07) is 14.8. The molecule has 0 radical (unpaired) electrons. The third-order valence-electron chi connectivity index (χ3n) is 5.54. The molecule has 2 aliphatic rings. The molecule has 3 heterocycles. The molecule has 0 aliphatic carbocycles. The first-order valence-corrected chi connectivity index (χ1v) is 9.30. The van der Waals surface area contributed by atoms with Crippen LogP contribution in [0.3, 0.4) is 0 Å². The van der Waals surface area contributed by atoms with E-state index in [0.29, 0.717) is 24.3 Å². The van der Waals surface area contributed by atoms with Crippen molar-refractivity contribution in [3.8, 4) is 0 Å². The van der Waals surface area contributed by atoms with Crippen molar-refractivity contribution in [1.82, 2.24) is 9.80 Å². The minimum absolute atomic E-state index is 0.312. The Morgan fingerprint density at radius 3 is 2.68 bits per heavy atom. The van der Waals surface area contributed by atoms with Gasteiger partial charge in [0.15, 0.2) is 0 Å². The second-order valence-corrected chi connectivity index (χ2v) is 7.43. The zero-order valence-electron chi connectivity index (χ0n) is 14.9. The fourth-order valence-electron chi connectivity index (χ4n) is 4.33. The fourth-order valence-corrected chi connectivity index (χ4v) is 4.33. The molecule has 132 valence electrons. The van der Waals surface area contributed by atoms with Gasteiger partial charge in [-0.2, -0.15) is 0 Å². The topological polar surface area (TPSA) is 36.7 Å². The van der Waals surface area contributed by atoms with Gasteiger partial charge in [0.05, 0.1) is 6.54 Å². The Balaban J connectivity index is 1.49. The summed E-state index contributed by atoms with van der Waals surface area (Å²) in [4.78, 5) is 17.3. The lowest BCUT2D eigenvalue weighted by Gasteiger charge is -2.30. The van der Waals surface area contributed by atoms with Crippen LogP contribution in [-0.2, 0) is 17.9 Å². The van der Waals surface area contributed by atoms with Gasteiger partial charge in [-0.25, -0.2) is 0 Å². The average Bonchev–Trinajstić information content (AvgIpc) is 3.16. The molecule has 4 nitrogen and oxygen atoms in total. The summed E-state index contributed by atoms with van der Waals surface area (Å²) in [5.41, 5.74) is 1.22. The van der Waals surface area contributed by atoms with Crippen molar-refractivity contribution in [2.24, 2.45) is 5.92 Å². The molecule has 0 unspecified atom stereocenters. The van der Waals surface area contributed by atoms with Crippen LogP contribution in [0, 0.1) is 12.8 Å². The molecule has 2 saturated heterocycles. The molecule has 1 amide bonds. The van der Waals surface area contributed by atoms with E-state index in [-0.39, 0.29) is 0 Å². The van der Waals surface area contributed by atoms with Gasteiger partial charge in [0.25, 0.3) is 0 Å². The van der Waals surface area contributed by atoms with Gasteiger partial charge >= 0.3 is 0 Å². The SMILES string of the molecule is Cc1ccc(CN2C[C@H]3CCCC(=O)N(Cc4ccccc4)[C@H]3C2)o1. The minimum atomic E-state index is 0.312. The Kier molecular flexibility index (Phi) is 4.62. The van der Waals surface area contributed by atoms with Gasteiger partial charge in [0.2, 0.25) is 5.91 Å². The first-order chi connectivity index (χ1) is 12.2. The highest BCUT2D eigenvalue weighted by molar-refractivity contribution is 5.77. The van der Waals surface area contributed by atoms with E-state index in [2.05, 4.69) is 40.1 Å². The molecular weight excluding hydrogens is 312 g/mol. The van der Waals surface area contributed by atoms with Crippen molar-refractivity contribution in [1.29, 1.82) is 0 Å². The van der Waals surface area contributed by atoms with Gasteiger partial charge in [-0.1, -0.05) is 30.3 Å². The van der Waals surface area contributed by atoms with Gasteiger partial charge in [-0.3, -0.25) is 9.69 Å². The van der Waals surface area contributed by atoms with Crippen LogP contribution in [-0.4, -0.2) is 34.8 Å². The summed E-state index contributed by atoms with van der Waals surface area (Å²) < 4.78 is 5.74. The van der Waals surface area contributed by atoms with Crippen molar-refractivity contribution < 1.29 is 9.21 Å². The van der Waals surface area contributed by atoms with Crippen LogP contribution < -0.4 is 0 Å². The molecule has 1 aromatic heterocycles. The number of rotatable bonds is 4. The average molecular weight is 338 g/mol. The van der Waals surface area contributed by atoms with Crippen LogP contribution in [0.25, 0.3) is 0 Å². The molecule has 0 N–H and O–H groups in total. The largest absolute Gasteiger partial charge is 0.465 e. The van der Waals surface area contributed by atoms with E-state index in [1.54, 1.807) is 0 Å². The highest BCUT2D eigenvalue weighted by Crippen LogP contribution is 2.32. The van der Waals surface area contributed by atoms with Crippen molar-refractivity contribution >= 4 is 5.91 Å². The van der Waals surface area contributed by atoms with Gasteiger partial charge in [0.1, 0.15) is 11.5 Å². The number of carbonyl (C=O) groups is 1. The predicted octanol–water partition coefficient (Wildman–Crippen LogP) is 3.60. The zero-order valence-corrected chi connectivity index (χ0v) is 14.9. The summed E-state index contributed by atoms with van der Waals surface area (Å²) in [6.07, 6.45) is 2.85. The van der Waals surface area contributed by atoms with Gasteiger partial charge in [0, 0.05) is 32.1 Å². The molecule has 1 aromatic carbocycles. The first kappa shape index (κ1) is 16.4. The number of carbonyl (C=O) groups excluding carboxylic acids is 1. The number of fused-ring (bicyclic) bond motifs is 1. The maximum Gasteiger partial charge on any atom is 0.223 e. The number of aryl methyl sites for hydroxylation is 1. The monoisotopic (exact) mass is 338 g/mol. The first-order valence-electron chi connectivity index (χ1n) is 9.30. The number of hydrogen-bond acceptors (Lipinski definition) is 3. The van der Waals surface area contributed by atoms with Crippen molar-refractivity contribution in [2.45, 2.75) is 45.3 Å². The molecule has 4 rings (SSSR count). The van der Waals surface area contributed by atoms with Crippen LogP contribution in [0.15, 0.2) is 46.9 Å². The lowest BCUT2D eigenvalue weighted by Crippen LogP contribution is -2.42. The number of likely N-dealkylation sites (tertiary alicyclic amines) is 2. The van der Waals surface area contributed by atoms with E-state index >= 15 is 0 Å². The predicted molar refractivity (Wildman–Crippen MR) is 96.8 cm³/mol. The van der Waals surface area contributed by atoms with Crippen LogP contribution in [0.1, 0.15) is 36.3 Å². The summed E-state index contributed by atoms with van der Waals surface area (Å²) in [5, 5.41) is 0. The second-order valence-electron chi connectivity index (χ2n) is 7.43. The molecule has 2 atom stereocenters. The van der Waals surface area contributed by atoms with Crippen LogP contribution in [0.4, 0.5) is 0 Å². The smallest absolute Gasteiger partial charge is 0.223 e. The van der Waals surface area contributed by atoms with E-state index < -0.39 is 0 Å². The maximum absolute atomic E-state index is 12.7. The van der Waals surface area contributed by atoms with Crippen molar-refractivity contribution in [3.63, 3.8) is 0 Å². The second kappa shape index (κ2) is 7.04. The van der Waals surface area contributed by atoms with Gasteiger partial charge in [-0.15, -0.1) is 0 Å². The third kappa shape index (κ3) is 3.64. The Morgan fingerprint density at radius 1 is 1.08 bits per heavy atom. The zero-order chi connectivity index (χ0) is 17.2. The Labute approximate surface area is 149 Å². The van der Waals surface area contributed by atoms with Gasteiger partial charge in [-0.05, 0) is 43.4 Å². The molecule has 2 fully saturated rings. The number of hydrogen-bond donors (Lipinski definition) is 0. The molecule has 25 heavy (non-hydrogen) atoms. The van der Waals surface area contributed by atoms with E-state index in [9.17, 15) is 4.79 Å². The van der Waals surface area contributed by atoms with E-state index in [4.69, 9.17) is 4.42 Å². The summed E-state index contributed by atoms with van der Waals surface area (Å²) >= 11 is 0. The van der Waals surface area contributed by atoms with E-state index in [1.165, 1.54) is 5.56 Å². The Hall–Kier alpha value is -2.07. The lowest BCUT2D eigenvalue weighted by molar-refractivity contribution is -0.133. The summed E-state index contributed by atoms with van der Waals surface area (Å²) in [7, 11) is 0. The highest BCUT2D eigenvalue weighted by atomic mass is 16.3. The molecular formula is C21H26N2O2. The third-order valence-corrected chi connectivity index (χ3v) is 5.54. The minimum Gasteiger partial charge on any atom is -0.465 e.